The summed E-state index contributed by atoms with van der Waals surface area (Å²) in [7, 11) is 0. The number of nitro groups is 1. The van der Waals surface area contributed by atoms with Crippen molar-refractivity contribution in [1.29, 1.82) is 0 Å². The van der Waals surface area contributed by atoms with E-state index in [-0.39, 0.29) is 30.1 Å². The van der Waals surface area contributed by atoms with Gasteiger partial charge in [-0.3, -0.25) is 14.9 Å². The number of piperazine rings is 1. The number of nitrogens with one attached hydrogen (secondary N) is 1. The molecule has 1 saturated heterocycles. The van der Waals surface area contributed by atoms with Crippen LogP contribution in [0.25, 0.3) is 0 Å². The van der Waals surface area contributed by atoms with Crippen LogP contribution in [0.2, 0.25) is 0 Å². The SMILES string of the molecule is CC1NCCN(C(=O)Cc2ccc([N+](=O)[O-])cc2Br)C1C. The van der Waals surface area contributed by atoms with Gasteiger partial charge in [-0.05, 0) is 19.4 Å². The Morgan fingerprint density at radius 3 is 2.86 bits per heavy atom. The Hall–Kier alpha value is -1.47. The highest BCUT2D eigenvalue weighted by Gasteiger charge is 2.28. The highest BCUT2D eigenvalue weighted by Crippen LogP contribution is 2.24. The molecule has 0 aliphatic carbocycles. The summed E-state index contributed by atoms with van der Waals surface area (Å²) < 4.78 is 0.598. The van der Waals surface area contributed by atoms with Gasteiger partial charge in [0, 0.05) is 41.8 Å². The summed E-state index contributed by atoms with van der Waals surface area (Å²) in [5.41, 5.74) is 0.784. The summed E-state index contributed by atoms with van der Waals surface area (Å²) in [4.78, 5) is 24.6. The second-order valence-corrected chi connectivity index (χ2v) is 6.13. The first-order valence-electron chi connectivity index (χ1n) is 6.86. The van der Waals surface area contributed by atoms with Gasteiger partial charge in [-0.15, -0.1) is 0 Å². The Labute approximate surface area is 131 Å². The van der Waals surface area contributed by atoms with Crippen LogP contribution in [0.3, 0.4) is 0 Å². The van der Waals surface area contributed by atoms with Gasteiger partial charge in [0.2, 0.25) is 5.91 Å². The van der Waals surface area contributed by atoms with Crippen LogP contribution < -0.4 is 5.32 Å². The number of hydrogen-bond donors (Lipinski definition) is 1. The van der Waals surface area contributed by atoms with Crippen molar-refractivity contribution in [1.82, 2.24) is 10.2 Å². The fourth-order valence-corrected chi connectivity index (χ4v) is 2.97. The minimum Gasteiger partial charge on any atom is -0.337 e. The van der Waals surface area contributed by atoms with Crippen molar-refractivity contribution in [2.75, 3.05) is 13.1 Å². The van der Waals surface area contributed by atoms with E-state index in [1.54, 1.807) is 6.07 Å². The third-order valence-electron chi connectivity index (χ3n) is 3.94. The molecule has 1 heterocycles. The predicted octanol–water partition coefficient (Wildman–Crippen LogP) is 2.11. The molecule has 1 aromatic carbocycles. The van der Waals surface area contributed by atoms with Crippen LogP contribution in [-0.4, -0.2) is 40.9 Å². The van der Waals surface area contributed by atoms with Gasteiger partial charge in [-0.1, -0.05) is 22.0 Å². The molecule has 1 N–H and O–H groups in total. The van der Waals surface area contributed by atoms with E-state index >= 15 is 0 Å². The molecule has 0 radical (unpaired) electrons. The van der Waals surface area contributed by atoms with Gasteiger partial charge in [0.1, 0.15) is 0 Å². The fraction of sp³-hybridized carbons (Fsp3) is 0.500. The maximum atomic E-state index is 12.4. The molecule has 0 spiro atoms. The van der Waals surface area contributed by atoms with Crippen molar-refractivity contribution < 1.29 is 9.72 Å². The number of carbonyl (C=O) groups is 1. The van der Waals surface area contributed by atoms with Gasteiger partial charge in [0.05, 0.1) is 11.3 Å². The first-order valence-corrected chi connectivity index (χ1v) is 7.65. The van der Waals surface area contributed by atoms with Crippen LogP contribution in [0.4, 0.5) is 5.69 Å². The van der Waals surface area contributed by atoms with E-state index in [9.17, 15) is 14.9 Å². The van der Waals surface area contributed by atoms with E-state index in [2.05, 4.69) is 28.2 Å². The van der Waals surface area contributed by atoms with Crippen LogP contribution in [0.5, 0.6) is 0 Å². The van der Waals surface area contributed by atoms with Gasteiger partial charge in [-0.2, -0.15) is 0 Å². The Morgan fingerprint density at radius 1 is 1.52 bits per heavy atom. The molecule has 21 heavy (non-hydrogen) atoms. The van der Waals surface area contributed by atoms with Crippen molar-refractivity contribution in [3.8, 4) is 0 Å². The third-order valence-corrected chi connectivity index (χ3v) is 4.68. The minimum absolute atomic E-state index is 0.0160. The number of nitrogens with zero attached hydrogens (tertiary/aromatic N) is 2. The lowest BCUT2D eigenvalue weighted by Crippen LogP contribution is -2.57. The Kier molecular flexibility index (Phi) is 4.95. The standard InChI is InChI=1S/C14H18BrN3O3/c1-9-10(2)17(6-5-16-9)14(19)7-11-3-4-12(18(20)21)8-13(11)15/h3-4,8-10,16H,5-7H2,1-2H3. The topological polar surface area (TPSA) is 75.5 Å². The molecule has 2 atom stereocenters. The highest BCUT2D eigenvalue weighted by molar-refractivity contribution is 9.10. The summed E-state index contributed by atoms with van der Waals surface area (Å²) in [6, 6.07) is 4.91. The monoisotopic (exact) mass is 355 g/mol. The maximum Gasteiger partial charge on any atom is 0.270 e. The van der Waals surface area contributed by atoms with Crippen LogP contribution in [0.15, 0.2) is 22.7 Å². The molecule has 7 heteroatoms. The average Bonchev–Trinajstić information content (AvgIpc) is 2.43. The number of hydrogen-bond acceptors (Lipinski definition) is 4. The van der Waals surface area contributed by atoms with Crippen molar-refractivity contribution in [2.24, 2.45) is 0 Å². The first-order chi connectivity index (χ1) is 9.90. The molecular formula is C14H18BrN3O3. The molecule has 2 rings (SSSR count). The predicted molar refractivity (Wildman–Crippen MR) is 83.1 cm³/mol. The summed E-state index contributed by atoms with van der Waals surface area (Å²) >= 11 is 3.31. The zero-order valence-electron chi connectivity index (χ0n) is 12.0. The van der Waals surface area contributed by atoms with Gasteiger partial charge in [0.25, 0.3) is 5.69 Å². The summed E-state index contributed by atoms with van der Waals surface area (Å²) in [5, 5.41) is 14.0. The average molecular weight is 356 g/mol. The quantitative estimate of drug-likeness (QED) is 0.665. The van der Waals surface area contributed by atoms with Crippen LogP contribution in [-0.2, 0) is 11.2 Å². The van der Waals surface area contributed by atoms with Crippen molar-refractivity contribution in [3.05, 3.63) is 38.3 Å². The molecule has 1 fully saturated rings. The molecule has 1 aliphatic heterocycles. The number of halogens is 1. The van der Waals surface area contributed by atoms with Gasteiger partial charge >= 0.3 is 0 Å². The van der Waals surface area contributed by atoms with E-state index in [1.807, 2.05) is 11.8 Å². The first kappa shape index (κ1) is 15.9. The van der Waals surface area contributed by atoms with E-state index in [0.29, 0.717) is 11.0 Å². The lowest BCUT2D eigenvalue weighted by atomic mass is 10.0. The van der Waals surface area contributed by atoms with Crippen molar-refractivity contribution in [2.45, 2.75) is 32.4 Å². The molecule has 1 aliphatic rings. The van der Waals surface area contributed by atoms with E-state index in [0.717, 1.165) is 12.1 Å². The van der Waals surface area contributed by atoms with E-state index in [1.165, 1.54) is 12.1 Å². The largest absolute Gasteiger partial charge is 0.337 e. The van der Waals surface area contributed by atoms with Gasteiger partial charge in [-0.25, -0.2) is 0 Å². The molecule has 0 aromatic heterocycles. The molecule has 0 saturated carbocycles. The summed E-state index contributed by atoms with van der Waals surface area (Å²) in [6.07, 6.45) is 0.246. The van der Waals surface area contributed by atoms with E-state index < -0.39 is 4.92 Å². The lowest BCUT2D eigenvalue weighted by molar-refractivity contribution is -0.384. The molecule has 1 aromatic rings. The smallest absolute Gasteiger partial charge is 0.270 e. The number of non-ortho nitro benzene ring substituents is 1. The van der Waals surface area contributed by atoms with E-state index in [4.69, 9.17) is 0 Å². The lowest BCUT2D eigenvalue weighted by Gasteiger charge is -2.38. The minimum atomic E-state index is -0.448. The highest BCUT2D eigenvalue weighted by atomic mass is 79.9. The second-order valence-electron chi connectivity index (χ2n) is 5.28. The Morgan fingerprint density at radius 2 is 2.24 bits per heavy atom. The Bertz CT molecular complexity index is 564. The number of rotatable bonds is 3. The zero-order chi connectivity index (χ0) is 15.6. The summed E-state index contributed by atoms with van der Waals surface area (Å²) in [6.45, 7) is 5.57. The molecule has 114 valence electrons. The number of nitro benzene ring substituents is 1. The fourth-order valence-electron chi connectivity index (χ4n) is 2.47. The molecule has 1 amide bonds. The molecule has 2 unspecified atom stereocenters. The van der Waals surface area contributed by atoms with Crippen LogP contribution >= 0.6 is 15.9 Å². The third kappa shape index (κ3) is 3.59. The van der Waals surface area contributed by atoms with Crippen molar-refractivity contribution >= 4 is 27.5 Å². The number of benzene rings is 1. The Balaban J connectivity index is 2.10. The van der Waals surface area contributed by atoms with Gasteiger partial charge < -0.3 is 10.2 Å². The normalized spacial score (nSPS) is 22.1. The van der Waals surface area contributed by atoms with Gasteiger partial charge in [0.15, 0.2) is 0 Å². The zero-order valence-corrected chi connectivity index (χ0v) is 13.6. The maximum absolute atomic E-state index is 12.4. The number of carbonyl (C=O) groups excluding carboxylic acids is 1. The van der Waals surface area contributed by atoms with Crippen molar-refractivity contribution in [3.63, 3.8) is 0 Å². The molecule has 6 nitrogen and oxygen atoms in total. The van der Waals surface area contributed by atoms with Crippen LogP contribution in [0.1, 0.15) is 19.4 Å². The second kappa shape index (κ2) is 6.53. The summed E-state index contributed by atoms with van der Waals surface area (Å²) in [5.74, 6) is 0.0467. The molecule has 0 bridgehead atoms. The number of amides is 1. The molecular weight excluding hydrogens is 338 g/mol. The van der Waals surface area contributed by atoms with Crippen LogP contribution in [0, 0.1) is 10.1 Å².